The van der Waals surface area contributed by atoms with E-state index in [0.29, 0.717) is 18.1 Å². The normalized spacial score (nSPS) is 16.7. The molecule has 7 heteroatoms. The summed E-state index contributed by atoms with van der Waals surface area (Å²) in [6.07, 6.45) is 1.83. The quantitative estimate of drug-likeness (QED) is 0.428. The zero-order valence-corrected chi connectivity index (χ0v) is 16.9. The van der Waals surface area contributed by atoms with Crippen molar-refractivity contribution in [3.63, 3.8) is 0 Å². The van der Waals surface area contributed by atoms with E-state index in [1.807, 2.05) is 59.5 Å². The van der Waals surface area contributed by atoms with Crippen LogP contribution in [-0.2, 0) is 0 Å². The molecule has 1 aliphatic heterocycles. The Bertz CT molecular complexity index is 1320. The third-order valence-corrected chi connectivity index (χ3v) is 6.61. The van der Waals surface area contributed by atoms with Gasteiger partial charge in [0.1, 0.15) is 5.82 Å². The van der Waals surface area contributed by atoms with Crippen LogP contribution in [0.25, 0.3) is 32.0 Å². The van der Waals surface area contributed by atoms with Gasteiger partial charge < -0.3 is 14.3 Å². The lowest BCUT2D eigenvalue weighted by atomic mass is 10.2. The summed E-state index contributed by atoms with van der Waals surface area (Å²) in [5.41, 5.74) is 2.84. The molecule has 1 saturated heterocycles. The number of carbonyl (C=O) groups excluding carboxylic acids is 1. The van der Waals surface area contributed by atoms with Crippen LogP contribution in [0.4, 0.5) is 0 Å². The van der Waals surface area contributed by atoms with Crippen LogP contribution < -0.4 is 0 Å². The van der Waals surface area contributed by atoms with E-state index in [2.05, 4.69) is 9.97 Å². The van der Waals surface area contributed by atoms with Gasteiger partial charge in [-0.3, -0.25) is 4.79 Å². The standard InChI is InChI=1S/C23H18N4O2S/c28-23(19-12-11-18(29-19)22-26-16-8-3-4-10-20(16)30-22)27-13-5-9-17(27)21-24-14-6-1-2-7-15(14)25-21/h1-4,6-8,10-12,17H,5,9,13H2,(H,24,25). The summed E-state index contributed by atoms with van der Waals surface area (Å²) in [5, 5.41) is 0.783. The fourth-order valence-corrected chi connectivity index (χ4v) is 5.04. The van der Waals surface area contributed by atoms with Crippen molar-refractivity contribution < 1.29 is 9.21 Å². The van der Waals surface area contributed by atoms with Crippen LogP contribution in [0.15, 0.2) is 65.1 Å². The number of hydrogen-bond donors (Lipinski definition) is 1. The second kappa shape index (κ2) is 6.81. The molecule has 1 aliphatic rings. The highest BCUT2D eigenvalue weighted by atomic mass is 32.1. The van der Waals surface area contributed by atoms with Crippen molar-refractivity contribution >= 4 is 38.5 Å². The van der Waals surface area contributed by atoms with E-state index in [0.717, 1.165) is 44.9 Å². The van der Waals surface area contributed by atoms with Crippen LogP contribution in [0.3, 0.4) is 0 Å². The summed E-state index contributed by atoms with van der Waals surface area (Å²) < 4.78 is 7.04. The molecule has 2 aromatic carbocycles. The Kier molecular flexibility index (Phi) is 3.95. The van der Waals surface area contributed by atoms with Gasteiger partial charge in [0.25, 0.3) is 5.91 Å². The summed E-state index contributed by atoms with van der Waals surface area (Å²) in [5.74, 6) is 1.69. The Morgan fingerprint density at radius 1 is 1.03 bits per heavy atom. The summed E-state index contributed by atoms with van der Waals surface area (Å²) in [7, 11) is 0. The lowest BCUT2D eigenvalue weighted by Crippen LogP contribution is -2.30. The van der Waals surface area contributed by atoms with Crippen molar-refractivity contribution in [1.29, 1.82) is 0 Å². The number of carbonyl (C=O) groups is 1. The number of likely N-dealkylation sites (tertiary alicyclic amines) is 1. The SMILES string of the molecule is O=C(c1ccc(-c2nc3ccccc3s2)o1)N1CCCC1c1nc2ccccc2[nH]1. The molecule has 1 N–H and O–H groups in total. The number of nitrogens with zero attached hydrogens (tertiary/aromatic N) is 3. The van der Waals surface area contributed by atoms with Crippen LogP contribution in [0.1, 0.15) is 35.3 Å². The Labute approximate surface area is 176 Å². The molecule has 3 aromatic heterocycles. The maximum atomic E-state index is 13.2. The molecular weight excluding hydrogens is 396 g/mol. The smallest absolute Gasteiger partial charge is 0.290 e. The van der Waals surface area contributed by atoms with Gasteiger partial charge in [-0.1, -0.05) is 24.3 Å². The van der Waals surface area contributed by atoms with Crippen molar-refractivity contribution in [3.8, 4) is 10.8 Å². The minimum absolute atomic E-state index is 0.0686. The first-order chi connectivity index (χ1) is 14.8. The number of imidazole rings is 1. The molecule has 0 bridgehead atoms. The summed E-state index contributed by atoms with van der Waals surface area (Å²) in [6.45, 7) is 0.692. The molecule has 5 aromatic rings. The summed E-state index contributed by atoms with van der Waals surface area (Å²) >= 11 is 1.56. The second-order valence-electron chi connectivity index (χ2n) is 7.45. The highest BCUT2D eigenvalue weighted by molar-refractivity contribution is 7.21. The number of nitrogens with one attached hydrogen (secondary N) is 1. The number of fused-ring (bicyclic) bond motifs is 2. The molecule has 1 fully saturated rings. The number of rotatable bonds is 3. The summed E-state index contributed by atoms with van der Waals surface area (Å²) in [4.78, 5) is 27.8. The van der Waals surface area contributed by atoms with E-state index < -0.39 is 0 Å². The van der Waals surface area contributed by atoms with Gasteiger partial charge in [-0.2, -0.15) is 0 Å². The number of aromatic amines is 1. The first-order valence-electron chi connectivity index (χ1n) is 9.98. The van der Waals surface area contributed by atoms with E-state index in [1.165, 1.54) is 0 Å². The number of benzene rings is 2. The van der Waals surface area contributed by atoms with Crippen LogP contribution in [0.5, 0.6) is 0 Å². The maximum Gasteiger partial charge on any atom is 0.290 e. The molecule has 6 nitrogen and oxygen atoms in total. The van der Waals surface area contributed by atoms with E-state index >= 15 is 0 Å². The Balaban J connectivity index is 1.29. The first-order valence-corrected chi connectivity index (χ1v) is 10.8. The van der Waals surface area contributed by atoms with Crippen LogP contribution >= 0.6 is 11.3 Å². The largest absolute Gasteiger partial charge is 0.448 e. The van der Waals surface area contributed by atoms with Gasteiger partial charge in [-0.25, -0.2) is 9.97 Å². The van der Waals surface area contributed by atoms with Crippen LogP contribution in [0, 0.1) is 0 Å². The monoisotopic (exact) mass is 414 g/mol. The first kappa shape index (κ1) is 17.4. The third kappa shape index (κ3) is 2.81. The number of aromatic nitrogens is 3. The molecule has 0 aliphatic carbocycles. The predicted molar refractivity (Wildman–Crippen MR) is 116 cm³/mol. The van der Waals surface area contributed by atoms with E-state index in [4.69, 9.17) is 9.40 Å². The highest BCUT2D eigenvalue weighted by Crippen LogP contribution is 2.35. The summed E-state index contributed by atoms with van der Waals surface area (Å²) in [6, 6.07) is 19.4. The number of amides is 1. The van der Waals surface area contributed by atoms with Crippen LogP contribution in [0.2, 0.25) is 0 Å². The van der Waals surface area contributed by atoms with Gasteiger partial charge >= 0.3 is 0 Å². The lowest BCUT2D eigenvalue weighted by molar-refractivity contribution is 0.0699. The Morgan fingerprint density at radius 2 is 1.87 bits per heavy atom. The Morgan fingerprint density at radius 3 is 2.73 bits per heavy atom. The van der Waals surface area contributed by atoms with Crippen molar-refractivity contribution in [1.82, 2.24) is 19.9 Å². The van der Waals surface area contributed by atoms with Crippen molar-refractivity contribution in [2.75, 3.05) is 6.54 Å². The average Bonchev–Trinajstić information content (AvgIpc) is 3.56. The number of furan rings is 1. The van der Waals surface area contributed by atoms with Crippen molar-refractivity contribution in [2.45, 2.75) is 18.9 Å². The number of H-pyrrole nitrogens is 1. The Hall–Kier alpha value is -3.45. The van der Waals surface area contributed by atoms with Gasteiger partial charge in [0.15, 0.2) is 16.5 Å². The molecule has 0 spiro atoms. The topological polar surface area (TPSA) is 75.0 Å². The molecular formula is C23H18N4O2S. The van der Waals surface area contributed by atoms with Crippen LogP contribution in [-0.4, -0.2) is 32.3 Å². The minimum Gasteiger partial charge on any atom is -0.448 e. The molecule has 0 saturated carbocycles. The fourth-order valence-electron chi connectivity index (χ4n) is 4.11. The van der Waals surface area contributed by atoms with Crippen molar-refractivity contribution in [2.24, 2.45) is 0 Å². The van der Waals surface area contributed by atoms with Gasteiger partial charge in [-0.05, 0) is 49.2 Å². The van der Waals surface area contributed by atoms with Gasteiger partial charge in [0, 0.05) is 6.54 Å². The zero-order valence-electron chi connectivity index (χ0n) is 16.0. The lowest BCUT2D eigenvalue weighted by Gasteiger charge is -2.22. The van der Waals surface area contributed by atoms with Gasteiger partial charge in [0.05, 0.1) is 27.3 Å². The molecule has 1 amide bonds. The second-order valence-corrected chi connectivity index (χ2v) is 8.48. The van der Waals surface area contributed by atoms with Gasteiger partial charge in [0.2, 0.25) is 0 Å². The number of para-hydroxylation sites is 3. The van der Waals surface area contributed by atoms with Crippen molar-refractivity contribution in [3.05, 3.63) is 72.2 Å². The molecule has 4 heterocycles. The van der Waals surface area contributed by atoms with E-state index in [9.17, 15) is 4.79 Å². The molecule has 1 atom stereocenters. The number of thiazole rings is 1. The van der Waals surface area contributed by atoms with E-state index in [-0.39, 0.29) is 11.9 Å². The zero-order chi connectivity index (χ0) is 20.1. The van der Waals surface area contributed by atoms with Gasteiger partial charge in [-0.15, -0.1) is 11.3 Å². The molecule has 1 unspecified atom stereocenters. The van der Waals surface area contributed by atoms with E-state index in [1.54, 1.807) is 17.4 Å². The molecule has 148 valence electrons. The highest BCUT2D eigenvalue weighted by Gasteiger charge is 2.34. The minimum atomic E-state index is -0.106. The average molecular weight is 414 g/mol. The molecule has 0 radical (unpaired) electrons. The number of hydrogen-bond acceptors (Lipinski definition) is 5. The maximum absolute atomic E-state index is 13.2. The molecule has 6 rings (SSSR count). The fraction of sp³-hybridized carbons (Fsp3) is 0.174. The molecule has 30 heavy (non-hydrogen) atoms. The third-order valence-electron chi connectivity index (χ3n) is 5.56. The predicted octanol–water partition coefficient (Wildman–Crippen LogP) is 5.41.